The average molecular weight is 412 g/mol. The highest BCUT2D eigenvalue weighted by Crippen LogP contribution is 2.30. The van der Waals surface area contributed by atoms with E-state index in [0.29, 0.717) is 32.2 Å². The van der Waals surface area contributed by atoms with Crippen molar-refractivity contribution in [2.45, 2.75) is 13.8 Å². The summed E-state index contributed by atoms with van der Waals surface area (Å²) in [6.07, 6.45) is 1.41. The molecule has 0 saturated carbocycles. The molecule has 0 atom stereocenters. The first kappa shape index (κ1) is 18.5. The van der Waals surface area contributed by atoms with Crippen molar-refractivity contribution >= 4 is 56.6 Å². The number of amides is 1. The van der Waals surface area contributed by atoms with Crippen LogP contribution in [0.2, 0.25) is 10.0 Å². The number of hydrogen-bond acceptors (Lipinski definition) is 3. The third kappa shape index (κ3) is 3.13. The Kier molecular flexibility index (Phi) is 4.57. The number of halogens is 2. The van der Waals surface area contributed by atoms with E-state index in [4.69, 9.17) is 23.2 Å². The Morgan fingerprint density at radius 2 is 1.86 bits per heavy atom. The molecule has 2 aromatic carbocycles. The number of nitrogens with zero attached hydrogens (tertiary/aromatic N) is 1. The number of benzene rings is 2. The van der Waals surface area contributed by atoms with Crippen LogP contribution < -0.4 is 10.7 Å². The number of carbonyl (C=O) groups is 1. The van der Waals surface area contributed by atoms with Crippen LogP contribution >= 0.6 is 23.2 Å². The number of hydrogen-bond donors (Lipinski definition) is 2. The summed E-state index contributed by atoms with van der Waals surface area (Å²) in [5.41, 5.74) is 3.07. The van der Waals surface area contributed by atoms with Gasteiger partial charge in [-0.15, -0.1) is 0 Å². The van der Waals surface area contributed by atoms with Crippen LogP contribution in [-0.2, 0) is 0 Å². The molecule has 0 aliphatic rings. The van der Waals surface area contributed by atoms with Gasteiger partial charge >= 0.3 is 0 Å². The number of aromatic amines is 1. The van der Waals surface area contributed by atoms with Gasteiger partial charge in [0.2, 0.25) is 5.43 Å². The smallest absolute Gasteiger partial charge is 0.261 e. The van der Waals surface area contributed by atoms with Crippen LogP contribution in [-0.4, -0.2) is 15.9 Å². The third-order valence-corrected chi connectivity index (χ3v) is 5.28. The zero-order valence-electron chi connectivity index (χ0n) is 15.1. The zero-order valence-corrected chi connectivity index (χ0v) is 16.6. The van der Waals surface area contributed by atoms with Crippen molar-refractivity contribution < 1.29 is 4.79 Å². The van der Waals surface area contributed by atoms with Gasteiger partial charge in [0, 0.05) is 38.2 Å². The number of anilines is 1. The average Bonchev–Trinajstić information content (AvgIpc) is 2.65. The van der Waals surface area contributed by atoms with Gasteiger partial charge in [-0.2, -0.15) is 0 Å². The van der Waals surface area contributed by atoms with Crippen molar-refractivity contribution in [1.82, 2.24) is 9.97 Å². The Hall–Kier alpha value is -2.89. The molecule has 0 saturated heterocycles. The quantitative estimate of drug-likeness (QED) is 0.472. The SMILES string of the molecule is Cc1cc(NC(=O)c2c[nH]c3ccc(Cl)cc3c2=O)c2ccc(Cl)c(C)c2n1. The van der Waals surface area contributed by atoms with E-state index in [1.165, 1.54) is 6.20 Å². The molecule has 0 fully saturated rings. The van der Waals surface area contributed by atoms with Crippen LogP contribution in [0.25, 0.3) is 21.8 Å². The second-order valence-corrected chi connectivity index (χ2v) is 7.40. The number of aryl methyl sites for hydroxylation is 2. The minimum Gasteiger partial charge on any atom is -0.360 e. The molecule has 4 rings (SSSR count). The fourth-order valence-corrected chi connectivity index (χ4v) is 3.51. The predicted octanol–water partition coefficient (Wildman–Crippen LogP) is 5.25. The largest absolute Gasteiger partial charge is 0.360 e. The van der Waals surface area contributed by atoms with E-state index in [1.807, 2.05) is 13.8 Å². The maximum absolute atomic E-state index is 12.9. The van der Waals surface area contributed by atoms with Crippen LogP contribution in [0.3, 0.4) is 0 Å². The molecule has 0 aliphatic heterocycles. The first-order chi connectivity index (χ1) is 13.3. The van der Waals surface area contributed by atoms with Gasteiger partial charge in [-0.3, -0.25) is 14.6 Å². The fourth-order valence-electron chi connectivity index (χ4n) is 3.18. The lowest BCUT2D eigenvalue weighted by Crippen LogP contribution is -2.22. The molecule has 2 aromatic heterocycles. The maximum Gasteiger partial charge on any atom is 0.261 e. The summed E-state index contributed by atoms with van der Waals surface area (Å²) in [6.45, 7) is 3.71. The maximum atomic E-state index is 12.9. The minimum atomic E-state index is -0.511. The van der Waals surface area contributed by atoms with Crippen molar-refractivity contribution in [3.63, 3.8) is 0 Å². The van der Waals surface area contributed by atoms with E-state index >= 15 is 0 Å². The highest BCUT2D eigenvalue weighted by molar-refractivity contribution is 6.32. The van der Waals surface area contributed by atoms with Crippen molar-refractivity contribution in [1.29, 1.82) is 0 Å². The van der Waals surface area contributed by atoms with Crippen LogP contribution in [0, 0.1) is 13.8 Å². The number of H-pyrrole nitrogens is 1. The van der Waals surface area contributed by atoms with Crippen molar-refractivity contribution in [2.75, 3.05) is 5.32 Å². The van der Waals surface area contributed by atoms with Crippen LogP contribution in [0.4, 0.5) is 5.69 Å². The summed E-state index contributed by atoms with van der Waals surface area (Å²) < 4.78 is 0. The summed E-state index contributed by atoms with van der Waals surface area (Å²) in [5.74, 6) is -0.511. The summed E-state index contributed by atoms with van der Waals surface area (Å²) in [6, 6.07) is 10.3. The number of carbonyl (C=O) groups excluding carboxylic acids is 1. The molecule has 0 aliphatic carbocycles. The molecule has 7 heteroatoms. The van der Waals surface area contributed by atoms with Gasteiger partial charge < -0.3 is 10.3 Å². The van der Waals surface area contributed by atoms with Gasteiger partial charge in [0.1, 0.15) is 5.56 Å². The lowest BCUT2D eigenvalue weighted by Gasteiger charge is -2.12. The van der Waals surface area contributed by atoms with Gasteiger partial charge in [0.15, 0.2) is 0 Å². The number of nitrogens with one attached hydrogen (secondary N) is 2. The fraction of sp³-hybridized carbons (Fsp3) is 0.0952. The van der Waals surface area contributed by atoms with E-state index < -0.39 is 5.91 Å². The van der Waals surface area contributed by atoms with Gasteiger partial charge in [-0.1, -0.05) is 23.2 Å². The molecular formula is C21H15Cl2N3O2. The summed E-state index contributed by atoms with van der Waals surface area (Å²) in [5, 5.41) is 4.98. The lowest BCUT2D eigenvalue weighted by molar-refractivity contribution is 0.102. The number of aromatic nitrogens is 2. The summed E-state index contributed by atoms with van der Waals surface area (Å²) in [4.78, 5) is 33.1. The summed E-state index contributed by atoms with van der Waals surface area (Å²) in [7, 11) is 0. The molecule has 5 nitrogen and oxygen atoms in total. The molecule has 0 unspecified atom stereocenters. The Balaban J connectivity index is 1.81. The topological polar surface area (TPSA) is 74.8 Å². The Morgan fingerprint density at radius 1 is 1.07 bits per heavy atom. The standard InChI is InChI=1S/C21H15Cl2N3O2/c1-10-7-18(13-4-5-16(23)11(2)19(13)25-10)26-21(28)15-9-24-17-6-3-12(22)8-14(17)20(15)27/h3-9H,1-2H3,(H,24,27)(H,25,26,28). The minimum absolute atomic E-state index is 0.00284. The molecule has 1 amide bonds. The van der Waals surface area contributed by atoms with Crippen molar-refractivity contribution in [3.8, 4) is 0 Å². The van der Waals surface area contributed by atoms with E-state index in [0.717, 1.165) is 16.6 Å². The second-order valence-electron chi connectivity index (χ2n) is 6.56. The van der Waals surface area contributed by atoms with Crippen LogP contribution in [0.15, 0.2) is 47.4 Å². The highest BCUT2D eigenvalue weighted by Gasteiger charge is 2.16. The normalized spacial score (nSPS) is 11.1. The molecule has 0 radical (unpaired) electrons. The first-order valence-corrected chi connectivity index (χ1v) is 9.29. The molecule has 0 spiro atoms. The molecular weight excluding hydrogens is 397 g/mol. The number of rotatable bonds is 2. The number of pyridine rings is 2. The molecule has 28 heavy (non-hydrogen) atoms. The van der Waals surface area contributed by atoms with E-state index in [1.54, 1.807) is 36.4 Å². The third-order valence-electron chi connectivity index (χ3n) is 4.63. The van der Waals surface area contributed by atoms with E-state index in [9.17, 15) is 9.59 Å². The monoisotopic (exact) mass is 411 g/mol. The lowest BCUT2D eigenvalue weighted by atomic mass is 10.1. The predicted molar refractivity (Wildman–Crippen MR) is 114 cm³/mol. The van der Waals surface area contributed by atoms with Crippen LogP contribution in [0.1, 0.15) is 21.6 Å². The van der Waals surface area contributed by atoms with Gasteiger partial charge in [-0.25, -0.2) is 0 Å². The Bertz CT molecular complexity index is 1330. The second kappa shape index (κ2) is 6.93. The molecule has 0 bridgehead atoms. The number of fused-ring (bicyclic) bond motifs is 2. The van der Waals surface area contributed by atoms with Crippen molar-refractivity contribution in [3.05, 3.63) is 79.7 Å². The van der Waals surface area contributed by atoms with E-state index in [-0.39, 0.29) is 11.0 Å². The molecule has 2 heterocycles. The Labute approximate surface area is 170 Å². The molecule has 4 aromatic rings. The molecule has 140 valence electrons. The first-order valence-electron chi connectivity index (χ1n) is 8.54. The van der Waals surface area contributed by atoms with Gasteiger partial charge in [0.05, 0.1) is 11.2 Å². The zero-order chi connectivity index (χ0) is 20.0. The highest BCUT2D eigenvalue weighted by atomic mass is 35.5. The Morgan fingerprint density at radius 3 is 2.64 bits per heavy atom. The molecule has 2 N–H and O–H groups in total. The van der Waals surface area contributed by atoms with Gasteiger partial charge in [0.25, 0.3) is 5.91 Å². The van der Waals surface area contributed by atoms with E-state index in [2.05, 4.69) is 15.3 Å². The summed E-state index contributed by atoms with van der Waals surface area (Å²) >= 11 is 12.2. The van der Waals surface area contributed by atoms with Crippen LogP contribution in [0.5, 0.6) is 0 Å². The van der Waals surface area contributed by atoms with Crippen molar-refractivity contribution in [2.24, 2.45) is 0 Å². The van der Waals surface area contributed by atoms with Gasteiger partial charge in [-0.05, 0) is 55.8 Å².